The van der Waals surface area contributed by atoms with Gasteiger partial charge in [-0.2, -0.15) is 0 Å². The molecule has 1 atom stereocenters. The van der Waals surface area contributed by atoms with E-state index in [1.54, 1.807) is 7.11 Å². The van der Waals surface area contributed by atoms with Crippen LogP contribution >= 0.6 is 0 Å². The summed E-state index contributed by atoms with van der Waals surface area (Å²) in [5.74, 6) is 0.797. The van der Waals surface area contributed by atoms with Gasteiger partial charge in [0.05, 0.1) is 18.8 Å². The average molecular weight is 308 g/mol. The fourth-order valence-corrected chi connectivity index (χ4v) is 2.68. The molecule has 23 heavy (non-hydrogen) atoms. The molecule has 0 spiro atoms. The molecule has 0 fully saturated rings. The molecule has 0 bridgehead atoms. The Morgan fingerprint density at radius 1 is 1.13 bits per heavy atom. The second-order valence-electron chi connectivity index (χ2n) is 5.35. The highest BCUT2D eigenvalue weighted by atomic mass is 16.5. The maximum atomic E-state index is 5.86. The van der Waals surface area contributed by atoms with Crippen LogP contribution in [0.2, 0.25) is 0 Å². The van der Waals surface area contributed by atoms with E-state index in [1.165, 1.54) is 5.56 Å². The number of ether oxygens (including phenoxy) is 1. The van der Waals surface area contributed by atoms with Crippen LogP contribution in [0.25, 0.3) is 11.3 Å². The first-order chi connectivity index (χ1) is 11.2. The minimum Gasteiger partial charge on any atom is -0.497 e. The highest BCUT2D eigenvalue weighted by Gasteiger charge is 2.19. The minimum absolute atomic E-state index is 0.0604. The third-order valence-corrected chi connectivity index (χ3v) is 3.95. The van der Waals surface area contributed by atoms with Gasteiger partial charge in [-0.15, -0.1) is 5.10 Å². The van der Waals surface area contributed by atoms with Gasteiger partial charge >= 0.3 is 0 Å². The van der Waals surface area contributed by atoms with Gasteiger partial charge in [0, 0.05) is 12.1 Å². The molecule has 5 heteroatoms. The van der Waals surface area contributed by atoms with Gasteiger partial charge in [0.2, 0.25) is 0 Å². The van der Waals surface area contributed by atoms with Crippen LogP contribution in [-0.2, 0) is 6.54 Å². The number of nitrogens with two attached hydrogens (primary N) is 1. The molecule has 1 unspecified atom stereocenters. The van der Waals surface area contributed by atoms with E-state index in [0.29, 0.717) is 6.54 Å². The van der Waals surface area contributed by atoms with Crippen molar-refractivity contribution in [1.29, 1.82) is 0 Å². The Hall–Kier alpha value is -2.66. The van der Waals surface area contributed by atoms with Gasteiger partial charge in [-0.05, 0) is 24.6 Å². The van der Waals surface area contributed by atoms with Crippen molar-refractivity contribution in [2.24, 2.45) is 5.73 Å². The van der Waals surface area contributed by atoms with E-state index in [9.17, 15) is 0 Å². The van der Waals surface area contributed by atoms with Crippen LogP contribution in [0.5, 0.6) is 5.75 Å². The molecule has 0 aliphatic rings. The standard InChI is InChI=1S/C18H20N4O/c1-13(14-7-4-3-5-8-14)22-18(17(12-19)20-21-22)15-9-6-10-16(11-15)23-2/h3-11,13H,12,19H2,1-2H3. The highest BCUT2D eigenvalue weighted by molar-refractivity contribution is 5.64. The van der Waals surface area contributed by atoms with Crippen molar-refractivity contribution in [1.82, 2.24) is 15.0 Å². The molecule has 5 nitrogen and oxygen atoms in total. The topological polar surface area (TPSA) is 66.0 Å². The van der Waals surface area contributed by atoms with Crippen molar-refractivity contribution in [3.8, 4) is 17.0 Å². The summed E-state index contributed by atoms with van der Waals surface area (Å²) in [6, 6.07) is 18.2. The van der Waals surface area contributed by atoms with Gasteiger partial charge < -0.3 is 10.5 Å². The van der Waals surface area contributed by atoms with Crippen molar-refractivity contribution < 1.29 is 4.74 Å². The van der Waals surface area contributed by atoms with Crippen LogP contribution in [0.15, 0.2) is 54.6 Å². The van der Waals surface area contributed by atoms with Gasteiger partial charge in [-0.3, -0.25) is 0 Å². The molecule has 0 aliphatic heterocycles. The summed E-state index contributed by atoms with van der Waals surface area (Å²) < 4.78 is 7.25. The summed E-state index contributed by atoms with van der Waals surface area (Å²) in [7, 11) is 1.66. The van der Waals surface area contributed by atoms with E-state index in [4.69, 9.17) is 10.5 Å². The molecular formula is C18H20N4O. The Balaban J connectivity index is 2.10. The van der Waals surface area contributed by atoms with Gasteiger partial charge in [-0.1, -0.05) is 47.7 Å². The molecule has 3 rings (SSSR count). The maximum Gasteiger partial charge on any atom is 0.119 e. The van der Waals surface area contributed by atoms with Crippen LogP contribution in [0.1, 0.15) is 24.2 Å². The molecule has 3 aromatic rings. The maximum absolute atomic E-state index is 5.86. The first-order valence-corrected chi connectivity index (χ1v) is 7.58. The quantitative estimate of drug-likeness (QED) is 0.787. The van der Waals surface area contributed by atoms with Crippen LogP contribution in [0.3, 0.4) is 0 Å². The Morgan fingerprint density at radius 3 is 2.61 bits per heavy atom. The normalized spacial score (nSPS) is 12.1. The predicted octanol–water partition coefficient (Wildman–Crippen LogP) is 3.02. The van der Waals surface area contributed by atoms with Crippen LogP contribution in [-0.4, -0.2) is 22.1 Å². The second kappa shape index (κ2) is 6.62. The zero-order valence-electron chi connectivity index (χ0n) is 13.3. The van der Waals surface area contributed by atoms with Crippen molar-refractivity contribution in [2.45, 2.75) is 19.5 Å². The number of hydrogen-bond donors (Lipinski definition) is 1. The monoisotopic (exact) mass is 308 g/mol. The highest BCUT2D eigenvalue weighted by Crippen LogP contribution is 2.29. The SMILES string of the molecule is COc1cccc(-c2c(CN)nnn2C(C)c2ccccc2)c1. The van der Waals surface area contributed by atoms with Crippen molar-refractivity contribution in [3.63, 3.8) is 0 Å². The molecule has 0 saturated carbocycles. The molecule has 0 aliphatic carbocycles. The number of benzene rings is 2. The number of hydrogen-bond acceptors (Lipinski definition) is 4. The fraction of sp³-hybridized carbons (Fsp3) is 0.222. The predicted molar refractivity (Wildman–Crippen MR) is 90.2 cm³/mol. The Bertz CT molecular complexity index is 783. The first-order valence-electron chi connectivity index (χ1n) is 7.58. The summed E-state index contributed by atoms with van der Waals surface area (Å²) in [5, 5.41) is 8.60. The lowest BCUT2D eigenvalue weighted by atomic mass is 10.1. The van der Waals surface area contributed by atoms with Gasteiger partial charge in [-0.25, -0.2) is 4.68 Å². The van der Waals surface area contributed by atoms with E-state index in [1.807, 2.05) is 47.1 Å². The van der Waals surface area contributed by atoms with E-state index in [0.717, 1.165) is 22.7 Å². The van der Waals surface area contributed by atoms with Gasteiger partial charge in [0.15, 0.2) is 0 Å². The number of aromatic nitrogens is 3. The summed E-state index contributed by atoms with van der Waals surface area (Å²) in [6.07, 6.45) is 0. The molecule has 0 radical (unpaired) electrons. The molecule has 118 valence electrons. The zero-order valence-corrected chi connectivity index (χ0v) is 13.3. The smallest absolute Gasteiger partial charge is 0.119 e. The zero-order chi connectivity index (χ0) is 16.2. The Labute approximate surface area is 135 Å². The summed E-state index contributed by atoms with van der Waals surface area (Å²) in [6.45, 7) is 2.45. The molecule has 0 saturated heterocycles. The van der Waals surface area contributed by atoms with E-state index in [2.05, 4.69) is 29.4 Å². The van der Waals surface area contributed by atoms with Crippen molar-refractivity contribution >= 4 is 0 Å². The van der Waals surface area contributed by atoms with Gasteiger partial charge in [0.1, 0.15) is 11.4 Å². The molecule has 1 aromatic heterocycles. The van der Waals surface area contributed by atoms with Crippen LogP contribution in [0.4, 0.5) is 0 Å². The Kier molecular flexibility index (Phi) is 4.39. The van der Waals surface area contributed by atoms with Crippen LogP contribution < -0.4 is 10.5 Å². The lowest BCUT2D eigenvalue weighted by Crippen LogP contribution is -2.11. The van der Waals surface area contributed by atoms with Crippen molar-refractivity contribution in [2.75, 3.05) is 7.11 Å². The fourth-order valence-electron chi connectivity index (χ4n) is 2.68. The lowest BCUT2D eigenvalue weighted by Gasteiger charge is -2.16. The number of nitrogens with zero attached hydrogens (tertiary/aromatic N) is 3. The molecule has 2 N–H and O–H groups in total. The first kappa shape index (κ1) is 15.2. The molecule has 0 amide bonds. The summed E-state index contributed by atoms with van der Waals surface area (Å²) >= 11 is 0. The lowest BCUT2D eigenvalue weighted by molar-refractivity contribution is 0.415. The number of rotatable bonds is 5. The summed E-state index contributed by atoms with van der Waals surface area (Å²) in [4.78, 5) is 0. The molecule has 2 aromatic carbocycles. The number of methoxy groups -OCH3 is 1. The minimum atomic E-state index is 0.0604. The third-order valence-electron chi connectivity index (χ3n) is 3.95. The third kappa shape index (κ3) is 2.96. The van der Waals surface area contributed by atoms with E-state index >= 15 is 0 Å². The van der Waals surface area contributed by atoms with E-state index in [-0.39, 0.29) is 6.04 Å². The second-order valence-corrected chi connectivity index (χ2v) is 5.35. The molecule has 1 heterocycles. The van der Waals surface area contributed by atoms with Crippen molar-refractivity contribution in [3.05, 3.63) is 65.9 Å². The largest absolute Gasteiger partial charge is 0.497 e. The average Bonchev–Trinajstić information content (AvgIpc) is 3.06. The van der Waals surface area contributed by atoms with E-state index < -0.39 is 0 Å². The molecular weight excluding hydrogens is 288 g/mol. The van der Waals surface area contributed by atoms with Crippen LogP contribution in [0, 0.1) is 0 Å². The Morgan fingerprint density at radius 2 is 1.91 bits per heavy atom. The van der Waals surface area contributed by atoms with Gasteiger partial charge in [0.25, 0.3) is 0 Å². The summed E-state index contributed by atoms with van der Waals surface area (Å²) in [5.41, 5.74) is 9.74.